The number of hydrogen-bond acceptors (Lipinski definition) is 4. The smallest absolute Gasteiger partial charge is 0.261 e. The quantitative estimate of drug-likeness (QED) is 0.561. The number of amides is 1. The Morgan fingerprint density at radius 2 is 1.83 bits per heavy atom. The van der Waals surface area contributed by atoms with Crippen molar-refractivity contribution in [3.63, 3.8) is 0 Å². The van der Waals surface area contributed by atoms with Crippen LogP contribution in [0.25, 0.3) is 0 Å². The monoisotopic (exact) mass is 452 g/mol. The van der Waals surface area contributed by atoms with Crippen molar-refractivity contribution in [2.45, 2.75) is 42.8 Å². The van der Waals surface area contributed by atoms with E-state index in [1.165, 1.54) is 37.8 Å². The van der Waals surface area contributed by atoms with Crippen LogP contribution in [-0.2, 0) is 10.0 Å². The summed E-state index contributed by atoms with van der Waals surface area (Å²) in [6, 6.07) is 11.1. The molecule has 0 bridgehead atoms. The lowest BCUT2D eigenvalue weighted by molar-refractivity contribution is 0.0956. The molecule has 0 radical (unpaired) electrons. The van der Waals surface area contributed by atoms with Crippen LogP contribution in [0.2, 0.25) is 5.02 Å². The molecule has 0 unspecified atom stereocenters. The van der Waals surface area contributed by atoms with Crippen molar-refractivity contribution >= 4 is 45.0 Å². The first-order chi connectivity index (χ1) is 13.8. The van der Waals surface area contributed by atoms with Gasteiger partial charge in [0.1, 0.15) is 0 Å². The van der Waals surface area contributed by atoms with E-state index in [1.54, 1.807) is 30.3 Å². The van der Waals surface area contributed by atoms with Crippen LogP contribution in [-0.4, -0.2) is 31.9 Å². The SMILES string of the molecule is Cc1ccc(S(=O)(=O)Nc2ccc(Cl)c(C(=O)NCCSC3CCCC3)c2)cc1. The van der Waals surface area contributed by atoms with Gasteiger partial charge in [0.15, 0.2) is 0 Å². The van der Waals surface area contributed by atoms with Gasteiger partial charge in [-0.1, -0.05) is 42.1 Å². The molecule has 0 saturated heterocycles. The number of hydrogen-bond donors (Lipinski definition) is 2. The molecule has 0 spiro atoms. The summed E-state index contributed by atoms with van der Waals surface area (Å²) in [5.74, 6) is 0.548. The highest BCUT2D eigenvalue weighted by molar-refractivity contribution is 7.99. The topological polar surface area (TPSA) is 75.3 Å². The number of halogens is 1. The predicted octanol–water partition coefficient (Wildman–Crippen LogP) is 4.85. The van der Waals surface area contributed by atoms with Gasteiger partial charge in [-0.2, -0.15) is 11.8 Å². The maximum Gasteiger partial charge on any atom is 0.261 e. The number of nitrogens with one attached hydrogen (secondary N) is 2. The standard InChI is InChI=1S/C21H25ClN2O3S2/c1-15-6-9-18(10-7-15)29(26,27)24-16-8-11-20(22)19(14-16)21(25)23-12-13-28-17-4-2-3-5-17/h6-11,14,17,24H,2-5,12-13H2,1H3,(H,23,25). The van der Waals surface area contributed by atoms with Gasteiger partial charge in [-0.05, 0) is 50.1 Å². The summed E-state index contributed by atoms with van der Waals surface area (Å²) in [6.45, 7) is 2.44. The van der Waals surface area contributed by atoms with Gasteiger partial charge in [0, 0.05) is 23.2 Å². The number of aryl methyl sites for hydroxylation is 1. The third kappa shape index (κ3) is 6.14. The minimum Gasteiger partial charge on any atom is -0.351 e. The van der Waals surface area contributed by atoms with E-state index in [4.69, 9.17) is 11.6 Å². The molecule has 29 heavy (non-hydrogen) atoms. The molecule has 156 valence electrons. The van der Waals surface area contributed by atoms with Crippen LogP contribution in [0.15, 0.2) is 47.4 Å². The number of thioether (sulfide) groups is 1. The Kier molecular flexibility index (Phi) is 7.49. The van der Waals surface area contributed by atoms with E-state index in [-0.39, 0.29) is 21.4 Å². The highest BCUT2D eigenvalue weighted by Crippen LogP contribution is 2.29. The summed E-state index contributed by atoms with van der Waals surface area (Å²) >= 11 is 8.07. The fourth-order valence-corrected chi connectivity index (χ4v) is 5.71. The Morgan fingerprint density at radius 1 is 1.14 bits per heavy atom. The predicted molar refractivity (Wildman–Crippen MR) is 120 cm³/mol. The first-order valence-electron chi connectivity index (χ1n) is 9.64. The van der Waals surface area contributed by atoms with Crippen molar-refractivity contribution in [2.75, 3.05) is 17.0 Å². The molecule has 2 aromatic rings. The van der Waals surface area contributed by atoms with E-state index in [1.807, 2.05) is 18.7 Å². The summed E-state index contributed by atoms with van der Waals surface area (Å²) in [5, 5.41) is 3.86. The van der Waals surface area contributed by atoms with Crippen LogP contribution in [0.4, 0.5) is 5.69 Å². The lowest BCUT2D eigenvalue weighted by Crippen LogP contribution is -2.26. The highest BCUT2D eigenvalue weighted by atomic mass is 35.5. The van der Waals surface area contributed by atoms with E-state index in [2.05, 4.69) is 10.0 Å². The molecule has 8 heteroatoms. The first-order valence-corrected chi connectivity index (χ1v) is 12.5. The van der Waals surface area contributed by atoms with E-state index in [9.17, 15) is 13.2 Å². The molecular formula is C21H25ClN2O3S2. The highest BCUT2D eigenvalue weighted by Gasteiger charge is 2.18. The molecule has 1 fully saturated rings. The van der Waals surface area contributed by atoms with Crippen LogP contribution >= 0.6 is 23.4 Å². The maximum atomic E-state index is 12.6. The maximum absolute atomic E-state index is 12.6. The molecule has 0 aromatic heterocycles. The zero-order valence-electron chi connectivity index (χ0n) is 16.3. The average Bonchev–Trinajstić information content (AvgIpc) is 3.20. The van der Waals surface area contributed by atoms with Gasteiger partial charge in [-0.3, -0.25) is 9.52 Å². The van der Waals surface area contributed by atoms with Crippen molar-refractivity contribution in [2.24, 2.45) is 0 Å². The molecule has 1 amide bonds. The number of benzene rings is 2. The van der Waals surface area contributed by atoms with Crippen LogP contribution in [0.5, 0.6) is 0 Å². The van der Waals surface area contributed by atoms with E-state index < -0.39 is 10.0 Å². The summed E-state index contributed by atoms with van der Waals surface area (Å²) < 4.78 is 27.6. The minimum atomic E-state index is -3.74. The summed E-state index contributed by atoms with van der Waals surface area (Å²) in [5.41, 5.74) is 1.52. The van der Waals surface area contributed by atoms with Gasteiger partial charge in [-0.25, -0.2) is 8.42 Å². The van der Waals surface area contributed by atoms with Gasteiger partial charge >= 0.3 is 0 Å². The molecule has 2 N–H and O–H groups in total. The number of sulfonamides is 1. The molecule has 1 saturated carbocycles. The van der Waals surface area contributed by atoms with E-state index in [0.717, 1.165) is 11.3 Å². The second-order valence-corrected chi connectivity index (χ2v) is 10.6. The van der Waals surface area contributed by atoms with Crippen molar-refractivity contribution in [3.8, 4) is 0 Å². The lowest BCUT2D eigenvalue weighted by atomic mass is 10.2. The van der Waals surface area contributed by atoms with Crippen LogP contribution < -0.4 is 10.0 Å². The minimum absolute atomic E-state index is 0.160. The molecule has 0 heterocycles. The number of anilines is 1. The van der Waals surface area contributed by atoms with Gasteiger partial charge in [0.2, 0.25) is 0 Å². The normalized spacial score (nSPS) is 14.7. The summed E-state index contributed by atoms with van der Waals surface area (Å²) in [4.78, 5) is 12.7. The molecule has 0 aliphatic heterocycles. The zero-order chi connectivity index (χ0) is 20.9. The molecule has 1 aliphatic rings. The van der Waals surface area contributed by atoms with Gasteiger partial charge < -0.3 is 5.32 Å². The second kappa shape index (κ2) is 9.87. The van der Waals surface area contributed by atoms with Crippen molar-refractivity contribution < 1.29 is 13.2 Å². The Balaban J connectivity index is 1.62. The third-order valence-electron chi connectivity index (χ3n) is 4.84. The molecule has 0 atom stereocenters. The van der Waals surface area contributed by atoms with Crippen LogP contribution in [0.1, 0.15) is 41.6 Å². The Morgan fingerprint density at radius 3 is 2.52 bits per heavy atom. The third-order valence-corrected chi connectivity index (χ3v) is 7.95. The van der Waals surface area contributed by atoms with Crippen LogP contribution in [0, 0.1) is 6.92 Å². The number of carbonyl (C=O) groups excluding carboxylic acids is 1. The summed E-state index contributed by atoms with van der Waals surface area (Å²) in [6.07, 6.45) is 5.11. The van der Waals surface area contributed by atoms with Crippen molar-refractivity contribution in [3.05, 3.63) is 58.6 Å². The fraction of sp³-hybridized carbons (Fsp3) is 0.381. The summed E-state index contributed by atoms with van der Waals surface area (Å²) in [7, 11) is -3.74. The van der Waals surface area contributed by atoms with Crippen molar-refractivity contribution in [1.82, 2.24) is 5.32 Å². The Hall–Kier alpha value is -1.70. The molecule has 1 aliphatic carbocycles. The second-order valence-electron chi connectivity index (χ2n) is 7.15. The largest absolute Gasteiger partial charge is 0.351 e. The Labute approximate surface area is 181 Å². The Bertz CT molecular complexity index is 956. The molecule has 3 rings (SSSR count). The molecular weight excluding hydrogens is 428 g/mol. The molecule has 2 aromatic carbocycles. The van der Waals surface area contributed by atoms with E-state index >= 15 is 0 Å². The lowest BCUT2D eigenvalue weighted by Gasteiger charge is -2.12. The number of rotatable bonds is 8. The first kappa shape index (κ1) is 22.0. The zero-order valence-corrected chi connectivity index (χ0v) is 18.7. The van der Waals surface area contributed by atoms with Gasteiger partial charge in [0.05, 0.1) is 15.5 Å². The van der Waals surface area contributed by atoms with E-state index in [0.29, 0.717) is 17.5 Å². The van der Waals surface area contributed by atoms with Crippen LogP contribution in [0.3, 0.4) is 0 Å². The van der Waals surface area contributed by atoms with Gasteiger partial charge in [0.25, 0.3) is 15.9 Å². The van der Waals surface area contributed by atoms with Crippen molar-refractivity contribution in [1.29, 1.82) is 0 Å². The molecule has 5 nitrogen and oxygen atoms in total. The number of carbonyl (C=O) groups is 1. The average molecular weight is 453 g/mol. The van der Waals surface area contributed by atoms with Gasteiger partial charge in [-0.15, -0.1) is 0 Å². The fourth-order valence-electron chi connectivity index (χ4n) is 3.23.